The van der Waals surface area contributed by atoms with E-state index in [1.807, 2.05) is 0 Å². The Labute approximate surface area is 92.6 Å². The van der Waals surface area contributed by atoms with E-state index in [1.165, 1.54) is 0 Å². The Morgan fingerprint density at radius 1 is 1.40 bits per heavy atom. The Morgan fingerprint density at radius 3 is 2.67 bits per heavy atom. The minimum Gasteiger partial charge on any atom is -0.381 e. The van der Waals surface area contributed by atoms with E-state index in [0.717, 1.165) is 39.0 Å². The van der Waals surface area contributed by atoms with E-state index in [4.69, 9.17) is 4.74 Å². The third-order valence-electron chi connectivity index (χ3n) is 2.88. The molecule has 0 saturated carbocycles. The second-order valence-corrected chi connectivity index (χ2v) is 4.79. The molecule has 88 valence electrons. The number of nitrogens with one attached hydrogen (secondary N) is 1. The summed E-state index contributed by atoms with van der Waals surface area (Å²) < 4.78 is 5.27. The predicted molar refractivity (Wildman–Crippen MR) is 60.6 cm³/mol. The fourth-order valence-corrected chi connectivity index (χ4v) is 1.72. The van der Waals surface area contributed by atoms with Crippen LogP contribution in [0.5, 0.6) is 0 Å². The number of rotatable bonds is 5. The molecule has 1 rings (SSSR count). The van der Waals surface area contributed by atoms with Gasteiger partial charge in [-0.2, -0.15) is 0 Å². The second kappa shape index (κ2) is 6.83. The van der Waals surface area contributed by atoms with Crippen molar-refractivity contribution in [2.45, 2.75) is 39.5 Å². The van der Waals surface area contributed by atoms with E-state index in [0.29, 0.717) is 18.3 Å². The van der Waals surface area contributed by atoms with Crippen LogP contribution in [0.4, 0.5) is 0 Å². The summed E-state index contributed by atoms with van der Waals surface area (Å²) in [6, 6.07) is 0. The lowest BCUT2D eigenvalue weighted by atomic mass is 10.0. The molecule has 0 aliphatic carbocycles. The molecule has 1 fully saturated rings. The molecule has 1 aliphatic heterocycles. The summed E-state index contributed by atoms with van der Waals surface area (Å²) in [5.41, 5.74) is 0. The first kappa shape index (κ1) is 12.5. The molecule has 0 spiro atoms. The van der Waals surface area contributed by atoms with Crippen molar-refractivity contribution in [3.63, 3.8) is 0 Å². The molecule has 1 N–H and O–H groups in total. The molecule has 1 heterocycles. The highest BCUT2D eigenvalue weighted by Crippen LogP contribution is 2.13. The van der Waals surface area contributed by atoms with E-state index in [9.17, 15) is 4.79 Å². The summed E-state index contributed by atoms with van der Waals surface area (Å²) in [4.78, 5) is 11.4. The maximum absolute atomic E-state index is 11.4. The Bertz CT molecular complexity index is 186. The first-order valence-corrected chi connectivity index (χ1v) is 6.03. The van der Waals surface area contributed by atoms with Gasteiger partial charge in [-0.3, -0.25) is 4.79 Å². The summed E-state index contributed by atoms with van der Waals surface area (Å²) in [6.45, 7) is 6.83. The van der Waals surface area contributed by atoms with Crippen molar-refractivity contribution in [3.05, 3.63) is 0 Å². The number of carbonyl (C=O) groups excluding carboxylic acids is 1. The van der Waals surface area contributed by atoms with Gasteiger partial charge in [0.1, 0.15) is 0 Å². The highest BCUT2D eigenvalue weighted by Gasteiger charge is 2.14. The maximum atomic E-state index is 11.4. The van der Waals surface area contributed by atoms with Gasteiger partial charge in [-0.05, 0) is 31.1 Å². The lowest BCUT2D eigenvalue weighted by Crippen LogP contribution is -2.32. The fourth-order valence-electron chi connectivity index (χ4n) is 1.72. The minimum atomic E-state index is 0.204. The zero-order valence-electron chi connectivity index (χ0n) is 9.92. The molecule has 0 aromatic heterocycles. The predicted octanol–water partition coefficient (Wildman–Crippen LogP) is 1.97. The van der Waals surface area contributed by atoms with E-state index in [1.54, 1.807) is 0 Å². The van der Waals surface area contributed by atoms with Gasteiger partial charge >= 0.3 is 0 Å². The van der Waals surface area contributed by atoms with Crippen LogP contribution >= 0.6 is 0 Å². The van der Waals surface area contributed by atoms with Crippen LogP contribution in [0, 0.1) is 11.8 Å². The first-order chi connectivity index (χ1) is 7.18. The van der Waals surface area contributed by atoms with Crippen LogP contribution in [0.1, 0.15) is 39.5 Å². The third kappa shape index (κ3) is 5.78. The highest BCUT2D eigenvalue weighted by atomic mass is 16.5. The summed E-state index contributed by atoms with van der Waals surface area (Å²) in [7, 11) is 0. The molecule has 1 aliphatic rings. The molecule has 0 aromatic carbocycles. The molecule has 3 nitrogen and oxygen atoms in total. The van der Waals surface area contributed by atoms with Gasteiger partial charge in [0.15, 0.2) is 0 Å². The average molecular weight is 213 g/mol. The van der Waals surface area contributed by atoms with Gasteiger partial charge in [-0.15, -0.1) is 0 Å². The van der Waals surface area contributed by atoms with Crippen molar-refractivity contribution in [2.24, 2.45) is 11.8 Å². The van der Waals surface area contributed by atoms with E-state index in [-0.39, 0.29) is 5.91 Å². The summed E-state index contributed by atoms with van der Waals surface area (Å²) >= 11 is 0. The number of ether oxygens (including phenoxy) is 1. The molecule has 0 bridgehead atoms. The van der Waals surface area contributed by atoms with Crippen LogP contribution < -0.4 is 5.32 Å². The Kier molecular flexibility index (Phi) is 5.69. The third-order valence-corrected chi connectivity index (χ3v) is 2.88. The number of hydrogen-bond donors (Lipinski definition) is 1. The van der Waals surface area contributed by atoms with Crippen molar-refractivity contribution in [3.8, 4) is 0 Å². The van der Waals surface area contributed by atoms with Gasteiger partial charge in [-0.25, -0.2) is 0 Å². The molecule has 0 unspecified atom stereocenters. The molecule has 1 amide bonds. The topological polar surface area (TPSA) is 38.3 Å². The standard InChI is InChI=1S/C12H23NO2/c1-10(2)3-4-12(14)13-9-11-5-7-15-8-6-11/h10-11H,3-9H2,1-2H3,(H,13,14). The number of carbonyl (C=O) groups is 1. The summed E-state index contributed by atoms with van der Waals surface area (Å²) in [5, 5.41) is 3.01. The lowest BCUT2D eigenvalue weighted by molar-refractivity contribution is -0.121. The van der Waals surface area contributed by atoms with Crippen LogP contribution in [-0.4, -0.2) is 25.7 Å². The van der Waals surface area contributed by atoms with Gasteiger partial charge in [0.2, 0.25) is 5.91 Å². The SMILES string of the molecule is CC(C)CCC(=O)NCC1CCOCC1. The van der Waals surface area contributed by atoms with Crippen LogP contribution in [-0.2, 0) is 9.53 Å². The van der Waals surface area contributed by atoms with Crippen LogP contribution in [0.15, 0.2) is 0 Å². The highest BCUT2D eigenvalue weighted by molar-refractivity contribution is 5.75. The molecule has 0 atom stereocenters. The zero-order chi connectivity index (χ0) is 11.1. The Morgan fingerprint density at radius 2 is 2.07 bits per heavy atom. The van der Waals surface area contributed by atoms with Gasteiger partial charge in [-0.1, -0.05) is 13.8 Å². The minimum absolute atomic E-state index is 0.204. The zero-order valence-corrected chi connectivity index (χ0v) is 9.92. The largest absolute Gasteiger partial charge is 0.381 e. The molecular formula is C12H23NO2. The quantitative estimate of drug-likeness (QED) is 0.758. The van der Waals surface area contributed by atoms with Crippen LogP contribution in [0.2, 0.25) is 0 Å². The van der Waals surface area contributed by atoms with E-state index < -0.39 is 0 Å². The molecular weight excluding hydrogens is 190 g/mol. The maximum Gasteiger partial charge on any atom is 0.220 e. The average Bonchev–Trinajstić information content (AvgIpc) is 2.25. The van der Waals surface area contributed by atoms with Crippen molar-refractivity contribution >= 4 is 5.91 Å². The fraction of sp³-hybridized carbons (Fsp3) is 0.917. The van der Waals surface area contributed by atoms with Gasteiger partial charge in [0.05, 0.1) is 0 Å². The molecule has 0 aromatic rings. The summed E-state index contributed by atoms with van der Waals surface area (Å²) in [5.74, 6) is 1.44. The second-order valence-electron chi connectivity index (χ2n) is 4.79. The Hall–Kier alpha value is -0.570. The monoisotopic (exact) mass is 213 g/mol. The van der Waals surface area contributed by atoms with Crippen LogP contribution in [0.25, 0.3) is 0 Å². The Balaban J connectivity index is 2.05. The van der Waals surface area contributed by atoms with Crippen LogP contribution in [0.3, 0.4) is 0 Å². The number of hydrogen-bond acceptors (Lipinski definition) is 2. The van der Waals surface area contributed by atoms with Gasteiger partial charge in [0, 0.05) is 26.2 Å². The first-order valence-electron chi connectivity index (χ1n) is 6.03. The summed E-state index contributed by atoms with van der Waals surface area (Å²) in [6.07, 6.45) is 3.83. The molecule has 3 heteroatoms. The van der Waals surface area contributed by atoms with Gasteiger partial charge < -0.3 is 10.1 Å². The van der Waals surface area contributed by atoms with Gasteiger partial charge in [0.25, 0.3) is 0 Å². The normalized spacial score (nSPS) is 18.1. The lowest BCUT2D eigenvalue weighted by Gasteiger charge is -2.22. The van der Waals surface area contributed by atoms with Crippen molar-refractivity contribution in [1.82, 2.24) is 5.32 Å². The van der Waals surface area contributed by atoms with E-state index >= 15 is 0 Å². The smallest absolute Gasteiger partial charge is 0.220 e. The molecule has 1 saturated heterocycles. The van der Waals surface area contributed by atoms with Crippen molar-refractivity contribution in [2.75, 3.05) is 19.8 Å². The molecule has 15 heavy (non-hydrogen) atoms. The van der Waals surface area contributed by atoms with Crippen molar-refractivity contribution < 1.29 is 9.53 Å². The number of amides is 1. The van der Waals surface area contributed by atoms with Crippen molar-refractivity contribution in [1.29, 1.82) is 0 Å². The van der Waals surface area contributed by atoms with E-state index in [2.05, 4.69) is 19.2 Å². The molecule has 0 radical (unpaired) electrons.